The number of nitriles is 1. The quantitative estimate of drug-likeness (QED) is 0.229. The number of nitrogens with zero attached hydrogens (tertiary/aromatic N) is 2. The minimum absolute atomic E-state index is 0.118. The summed E-state index contributed by atoms with van der Waals surface area (Å²) in [4.78, 5) is 4.10. The lowest BCUT2D eigenvalue weighted by atomic mass is 9.90. The number of hydrogen-bond acceptors (Lipinski definition) is 3. The molecule has 1 aliphatic rings. The molecule has 0 atom stereocenters. The van der Waals surface area contributed by atoms with Gasteiger partial charge in [-0.15, -0.1) is 0 Å². The molecule has 0 aromatic rings. The molecule has 0 unspecified atom stereocenters. The van der Waals surface area contributed by atoms with E-state index < -0.39 is 5.66 Å². The second-order valence-electron chi connectivity index (χ2n) is 3.40. The molecule has 0 aromatic carbocycles. The molecule has 0 saturated heterocycles. The summed E-state index contributed by atoms with van der Waals surface area (Å²) in [6.07, 6.45) is 6.78. The van der Waals surface area contributed by atoms with Crippen molar-refractivity contribution in [2.45, 2.75) is 37.8 Å². The van der Waals surface area contributed by atoms with Gasteiger partial charge in [-0.2, -0.15) is 5.26 Å². The third-order valence-electron chi connectivity index (χ3n) is 2.25. The summed E-state index contributed by atoms with van der Waals surface area (Å²) < 4.78 is 0. The second kappa shape index (κ2) is 4.10. The summed E-state index contributed by atoms with van der Waals surface area (Å²) >= 11 is 0. The van der Waals surface area contributed by atoms with E-state index in [0.29, 0.717) is 0 Å². The predicted molar refractivity (Wildman–Crippen MR) is 50.4 cm³/mol. The van der Waals surface area contributed by atoms with Crippen molar-refractivity contribution in [2.75, 3.05) is 0 Å². The van der Waals surface area contributed by atoms with E-state index in [1.165, 1.54) is 6.42 Å². The van der Waals surface area contributed by atoms with Crippen LogP contribution in [0.5, 0.6) is 0 Å². The minimum Gasteiger partial charge on any atom is -0.369 e. The lowest BCUT2D eigenvalue weighted by molar-refractivity contribution is 0.308. The Morgan fingerprint density at radius 2 is 2.00 bits per heavy atom. The summed E-state index contributed by atoms with van der Waals surface area (Å²) in [6, 6.07) is 0. The van der Waals surface area contributed by atoms with Crippen LogP contribution in [-0.4, -0.2) is 11.6 Å². The molecule has 0 bridgehead atoms. The van der Waals surface area contributed by atoms with E-state index in [-0.39, 0.29) is 5.96 Å². The fourth-order valence-corrected chi connectivity index (χ4v) is 1.60. The van der Waals surface area contributed by atoms with Gasteiger partial charge >= 0.3 is 0 Å². The molecule has 5 N–H and O–H groups in total. The van der Waals surface area contributed by atoms with Gasteiger partial charge in [0.2, 0.25) is 5.96 Å². The first kappa shape index (κ1) is 9.81. The van der Waals surface area contributed by atoms with Crippen molar-refractivity contribution in [3.8, 4) is 6.19 Å². The van der Waals surface area contributed by atoms with E-state index >= 15 is 0 Å². The van der Waals surface area contributed by atoms with Gasteiger partial charge in [0.05, 0.1) is 0 Å². The Morgan fingerprint density at radius 1 is 1.38 bits per heavy atom. The van der Waals surface area contributed by atoms with E-state index in [1.807, 2.05) is 0 Å². The summed E-state index contributed by atoms with van der Waals surface area (Å²) in [5.41, 5.74) is 10.9. The van der Waals surface area contributed by atoms with Crippen molar-refractivity contribution in [2.24, 2.45) is 16.5 Å². The normalized spacial score (nSPS) is 22.0. The molecule has 1 rings (SSSR count). The zero-order valence-electron chi connectivity index (χ0n) is 7.58. The van der Waals surface area contributed by atoms with Gasteiger partial charge < -0.3 is 11.5 Å². The van der Waals surface area contributed by atoms with E-state index in [2.05, 4.69) is 10.3 Å². The number of nitrogens with one attached hydrogen (secondary N) is 1. The molecule has 1 fully saturated rings. The molecule has 0 aliphatic heterocycles. The third-order valence-corrected chi connectivity index (χ3v) is 2.25. The Kier molecular flexibility index (Phi) is 3.09. The Morgan fingerprint density at radius 3 is 2.54 bits per heavy atom. The Labute approximate surface area is 77.8 Å². The van der Waals surface area contributed by atoms with Gasteiger partial charge in [0.15, 0.2) is 6.19 Å². The highest BCUT2D eigenvalue weighted by molar-refractivity contribution is 5.79. The molecule has 5 nitrogen and oxygen atoms in total. The number of aliphatic imine (C=N–C) groups is 1. The monoisotopic (exact) mass is 181 g/mol. The highest BCUT2D eigenvalue weighted by Gasteiger charge is 2.26. The van der Waals surface area contributed by atoms with Crippen LogP contribution < -0.4 is 16.8 Å². The number of guanidine groups is 1. The average Bonchev–Trinajstić information content (AvgIpc) is 2.04. The van der Waals surface area contributed by atoms with Crippen LogP contribution in [0.1, 0.15) is 32.1 Å². The van der Waals surface area contributed by atoms with Crippen molar-refractivity contribution < 1.29 is 0 Å². The van der Waals surface area contributed by atoms with Crippen molar-refractivity contribution in [3.05, 3.63) is 0 Å². The molecule has 0 spiro atoms. The lowest BCUT2D eigenvalue weighted by Gasteiger charge is -2.29. The van der Waals surface area contributed by atoms with Gasteiger partial charge in [0, 0.05) is 0 Å². The van der Waals surface area contributed by atoms with Gasteiger partial charge in [-0.3, -0.25) is 5.32 Å². The molecule has 72 valence electrons. The van der Waals surface area contributed by atoms with Gasteiger partial charge in [0.1, 0.15) is 5.66 Å². The first-order valence-corrected chi connectivity index (χ1v) is 4.46. The highest BCUT2D eigenvalue weighted by atomic mass is 15.2. The van der Waals surface area contributed by atoms with Crippen molar-refractivity contribution in [1.82, 2.24) is 5.32 Å². The molecule has 0 amide bonds. The Bertz CT molecular complexity index is 233. The SMILES string of the molecule is N#CNC(N)=NC1(N)CCCCC1. The van der Waals surface area contributed by atoms with Crippen LogP contribution in [0.2, 0.25) is 0 Å². The average molecular weight is 181 g/mol. The van der Waals surface area contributed by atoms with Crippen molar-refractivity contribution in [3.63, 3.8) is 0 Å². The zero-order valence-corrected chi connectivity index (χ0v) is 7.58. The van der Waals surface area contributed by atoms with E-state index in [0.717, 1.165) is 25.7 Å². The fraction of sp³-hybridized carbons (Fsp3) is 0.750. The number of hydrogen-bond donors (Lipinski definition) is 3. The van der Waals surface area contributed by atoms with E-state index in [1.54, 1.807) is 6.19 Å². The van der Waals surface area contributed by atoms with Gasteiger partial charge in [-0.1, -0.05) is 6.42 Å². The van der Waals surface area contributed by atoms with Crippen LogP contribution in [0.15, 0.2) is 4.99 Å². The molecule has 0 radical (unpaired) electrons. The summed E-state index contributed by atoms with van der Waals surface area (Å²) in [6.45, 7) is 0. The van der Waals surface area contributed by atoms with Crippen LogP contribution in [-0.2, 0) is 0 Å². The summed E-state index contributed by atoms with van der Waals surface area (Å²) in [5, 5.41) is 10.6. The van der Waals surface area contributed by atoms with Crippen LogP contribution >= 0.6 is 0 Å². The van der Waals surface area contributed by atoms with Crippen LogP contribution in [0.3, 0.4) is 0 Å². The van der Waals surface area contributed by atoms with E-state index in [4.69, 9.17) is 16.7 Å². The molecule has 0 aromatic heterocycles. The molecular formula is C8H15N5. The highest BCUT2D eigenvalue weighted by Crippen LogP contribution is 2.26. The molecule has 13 heavy (non-hydrogen) atoms. The maximum atomic E-state index is 8.29. The topological polar surface area (TPSA) is 100 Å². The minimum atomic E-state index is -0.549. The lowest BCUT2D eigenvalue weighted by Crippen LogP contribution is -2.43. The van der Waals surface area contributed by atoms with Crippen LogP contribution in [0.4, 0.5) is 0 Å². The Hall–Kier alpha value is -1.28. The molecule has 0 heterocycles. The van der Waals surface area contributed by atoms with Gasteiger partial charge in [-0.05, 0) is 25.7 Å². The van der Waals surface area contributed by atoms with Crippen molar-refractivity contribution >= 4 is 5.96 Å². The second-order valence-corrected chi connectivity index (χ2v) is 3.40. The molecule has 1 saturated carbocycles. The van der Waals surface area contributed by atoms with Crippen LogP contribution in [0, 0.1) is 11.5 Å². The zero-order chi connectivity index (χ0) is 9.73. The largest absolute Gasteiger partial charge is 0.369 e. The smallest absolute Gasteiger partial charge is 0.203 e. The standard InChI is InChI=1S/C8H15N5/c9-6-12-7(10)13-8(11)4-2-1-3-5-8/h1-5,11H2,(H3,10,12,13). The first-order chi connectivity index (χ1) is 6.16. The summed E-state index contributed by atoms with van der Waals surface area (Å²) in [5.74, 6) is 0.118. The fourth-order valence-electron chi connectivity index (χ4n) is 1.60. The summed E-state index contributed by atoms with van der Waals surface area (Å²) in [7, 11) is 0. The van der Waals surface area contributed by atoms with Gasteiger partial charge in [0.25, 0.3) is 0 Å². The third kappa shape index (κ3) is 2.92. The predicted octanol–water partition coefficient (Wildman–Crippen LogP) is -0.00912. The molecule has 1 aliphatic carbocycles. The van der Waals surface area contributed by atoms with Gasteiger partial charge in [-0.25, -0.2) is 4.99 Å². The maximum absolute atomic E-state index is 8.29. The van der Waals surface area contributed by atoms with Crippen LogP contribution in [0.25, 0.3) is 0 Å². The first-order valence-electron chi connectivity index (χ1n) is 4.46. The molecular weight excluding hydrogens is 166 g/mol. The van der Waals surface area contributed by atoms with Crippen molar-refractivity contribution in [1.29, 1.82) is 5.26 Å². The maximum Gasteiger partial charge on any atom is 0.203 e. The van der Waals surface area contributed by atoms with E-state index in [9.17, 15) is 0 Å². The number of nitrogens with two attached hydrogens (primary N) is 2. The Balaban J connectivity index is 2.58. The number of rotatable bonds is 1. The molecule has 5 heteroatoms.